The first-order chi connectivity index (χ1) is 11.1. The molecule has 0 atom stereocenters. The Labute approximate surface area is 134 Å². The molecule has 24 heavy (non-hydrogen) atoms. The van der Waals surface area contributed by atoms with Gasteiger partial charge in [0.25, 0.3) is 11.4 Å². The first kappa shape index (κ1) is 17.9. The Balaban J connectivity index is 2.56. The molecule has 1 aromatic rings. The van der Waals surface area contributed by atoms with Crippen LogP contribution >= 0.6 is 0 Å². The zero-order valence-electron chi connectivity index (χ0n) is 12.7. The molecule has 132 valence electrons. The Hall–Kier alpha value is -2.43. The molecule has 0 aliphatic carbocycles. The average Bonchev–Trinajstić information content (AvgIpc) is 2.52. The van der Waals surface area contributed by atoms with Gasteiger partial charge >= 0.3 is 6.18 Å². The van der Waals surface area contributed by atoms with Gasteiger partial charge in [-0.2, -0.15) is 13.2 Å². The number of nitro benzene ring substituents is 2. The third-order valence-corrected chi connectivity index (χ3v) is 3.93. The molecule has 0 saturated carbocycles. The van der Waals surface area contributed by atoms with Crippen LogP contribution in [0.2, 0.25) is 0 Å². The number of halogens is 3. The lowest BCUT2D eigenvalue weighted by Gasteiger charge is -2.34. The van der Waals surface area contributed by atoms with E-state index in [9.17, 15) is 33.4 Å². The summed E-state index contributed by atoms with van der Waals surface area (Å²) >= 11 is 0. The lowest BCUT2D eigenvalue weighted by atomic mass is 10.1. The van der Waals surface area contributed by atoms with E-state index in [4.69, 9.17) is 0 Å². The van der Waals surface area contributed by atoms with Gasteiger partial charge in [0, 0.05) is 38.3 Å². The topological polar surface area (TPSA) is 92.8 Å². The van der Waals surface area contributed by atoms with Crippen molar-refractivity contribution in [3.8, 4) is 0 Å². The maximum Gasteiger partial charge on any atom is 0.416 e. The standard InChI is InChI=1S/C13H15F3N4O4/c1-2-17-3-5-18(6-4-17)12-10(19(21)22)7-9(13(14,15)16)8-11(12)20(23)24/h7-8H,2-6H2,1H3. The largest absolute Gasteiger partial charge is 0.416 e. The molecule has 0 unspecified atom stereocenters. The molecule has 8 nitrogen and oxygen atoms in total. The van der Waals surface area contributed by atoms with Crippen LogP contribution in [0.5, 0.6) is 0 Å². The van der Waals surface area contributed by atoms with E-state index in [2.05, 4.69) is 0 Å². The lowest BCUT2D eigenvalue weighted by molar-refractivity contribution is -0.393. The quantitative estimate of drug-likeness (QED) is 0.613. The average molecular weight is 348 g/mol. The van der Waals surface area contributed by atoms with Gasteiger partial charge in [0.1, 0.15) is 0 Å². The Morgan fingerprint density at radius 1 is 1.04 bits per heavy atom. The predicted octanol–water partition coefficient (Wildman–Crippen LogP) is 2.66. The van der Waals surface area contributed by atoms with Crippen LogP contribution in [0.15, 0.2) is 12.1 Å². The van der Waals surface area contributed by atoms with Crippen molar-refractivity contribution in [2.45, 2.75) is 13.1 Å². The number of piperazine rings is 1. The highest BCUT2D eigenvalue weighted by Crippen LogP contribution is 2.43. The molecule has 1 fully saturated rings. The SMILES string of the molecule is CCN1CCN(c2c([N+](=O)[O-])cc(C(F)(F)F)cc2[N+](=O)[O-])CC1. The van der Waals surface area contributed by atoms with Crippen LogP contribution < -0.4 is 4.90 Å². The number of nitro groups is 2. The minimum Gasteiger partial charge on any atom is -0.358 e. The van der Waals surface area contributed by atoms with Crippen LogP contribution in [-0.4, -0.2) is 47.5 Å². The van der Waals surface area contributed by atoms with Crippen molar-refractivity contribution in [3.63, 3.8) is 0 Å². The zero-order valence-corrected chi connectivity index (χ0v) is 12.7. The molecule has 0 N–H and O–H groups in total. The van der Waals surface area contributed by atoms with Crippen molar-refractivity contribution < 1.29 is 23.0 Å². The summed E-state index contributed by atoms with van der Waals surface area (Å²) in [6.45, 7) is 4.25. The van der Waals surface area contributed by atoms with Crippen molar-refractivity contribution in [2.75, 3.05) is 37.6 Å². The van der Waals surface area contributed by atoms with Crippen LogP contribution in [0.4, 0.5) is 30.2 Å². The molecule has 1 heterocycles. The molecule has 0 bridgehead atoms. The molecule has 2 rings (SSSR count). The Morgan fingerprint density at radius 3 is 1.83 bits per heavy atom. The molecular formula is C13H15F3N4O4. The summed E-state index contributed by atoms with van der Waals surface area (Å²) in [7, 11) is 0. The monoisotopic (exact) mass is 348 g/mol. The van der Waals surface area contributed by atoms with E-state index < -0.39 is 33.0 Å². The molecule has 0 radical (unpaired) electrons. The second kappa shape index (κ2) is 6.59. The number of hydrogen-bond donors (Lipinski definition) is 0. The second-order valence-corrected chi connectivity index (χ2v) is 5.30. The van der Waals surface area contributed by atoms with E-state index >= 15 is 0 Å². The predicted molar refractivity (Wildman–Crippen MR) is 79.1 cm³/mol. The van der Waals surface area contributed by atoms with E-state index in [0.29, 0.717) is 25.2 Å². The minimum atomic E-state index is -4.91. The maximum atomic E-state index is 12.9. The van der Waals surface area contributed by atoms with E-state index in [1.54, 1.807) is 0 Å². The van der Waals surface area contributed by atoms with Gasteiger partial charge in [0.05, 0.1) is 15.4 Å². The Morgan fingerprint density at radius 2 is 1.50 bits per heavy atom. The minimum absolute atomic E-state index is 0.265. The molecule has 1 aliphatic heterocycles. The zero-order chi connectivity index (χ0) is 18.1. The lowest BCUT2D eigenvalue weighted by Crippen LogP contribution is -2.46. The van der Waals surface area contributed by atoms with Crippen LogP contribution in [0.25, 0.3) is 0 Å². The third-order valence-electron chi connectivity index (χ3n) is 3.93. The molecule has 0 amide bonds. The Kier molecular flexibility index (Phi) is 4.92. The van der Waals surface area contributed by atoms with Gasteiger partial charge in [-0.15, -0.1) is 0 Å². The maximum absolute atomic E-state index is 12.9. The van der Waals surface area contributed by atoms with E-state index in [-0.39, 0.29) is 18.8 Å². The van der Waals surface area contributed by atoms with Crippen molar-refractivity contribution in [3.05, 3.63) is 37.9 Å². The van der Waals surface area contributed by atoms with E-state index in [0.717, 1.165) is 6.54 Å². The highest BCUT2D eigenvalue weighted by Gasteiger charge is 2.39. The summed E-state index contributed by atoms with van der Waals surface area (Å²) in [4.78, 5) is 23.9. The first-order valence-electron chi connectivity index (χ1n) is 7.16. The normalized spacial score (nSPS) is 16.2. The number of nitrogens with zero attached hydrogens (tertiary/aromatic N) is 4. The van der Waals surface area contributed by atoms with Gasteiger partial charge in [-0.25, -0.2) is 0 Å². The summed E-state index contributed by atoms with van der Waals surface area (Å²) in [5.74, 6) is 0. The van der Waals surface area contributed by atoms with Gasteiger partial charge in [0.15, 0.2) is 5.69 Å². The summed E-state index contributed by atoms with van der Waals surface area (Å²) in [6.07, 6.45) is -4.91. The fraction of sp³-hybridized carbons (Fsp3) is 0.538. The highest BCUT2D eigenvalue weighted by atomic mass is 19.4. The van der Waals surface area contributed by atoms with Gasteiger partial charge in [-0.3, -0.25) is 20.2 Å². The number of benzene rings is 1. The van der Waals surface area contributed by atoms with E-state index in [1.807, 2.05) is 11.8 Å². The fourth-order valence-corrected chi connectivity index (χ4v) is 2.66. The molecule has 1 saturated heterocycles. The van der Waals surface area contributed by atoms with Gasteiger partial charge in [-0.1, -0.05) is 6.92 Å². The summed E-state index contributed by atoms with van der Waals surface area (Å²) < 4.78 is 38.6. The fourth-order valence-electron chi connectivity index (χ4n) is 2.66. The van der Waals surface area contributed by atoms with Gasteiger partial charge < -0.3 is 9.80 Å². The number of likely N-dealkylation sites (N-methyl/N-ethyl adjacent to an activating group) is 1. The van der Waals surface area contributed by atoms with Gasteiger partial charge in [0.2, 0.25) is 0 Å². The molecule has 1 aromatic carbocycles. The van der Waals surface area contributed by atoms with Crippen molar-refractivity contribution in [2.24, 2.45) is 0 Å². The number of anilines is 1. The molecule has 1 aliphatic rings. The summed E-state index contributed by atoms with van der Waals surface area (Å²) in [5.41, 5.74) is -3.58. The Bertz CT molecular complexity index is 622. The van der Waals surface area contributed by atoms with E-state index in [1.165, 1.54) is 4.90 Å². The summed E-state index contributed by atoms with van der Waals surface area (Å²) in [5, 5.41) is 22.4. The molecular weight excluding hydrogens is 333 g/mol. The number of rotatable bonds is 4. The second-order valence-electron chi connectivity index (χ2n) is 5.30. The summed E-state index contributed by atoms with van der Waals surface area (Å²) in [6, 6.07) is 0.711. The number of hydrogen-bond acceptors (Lipinski definition) is 6. The number of alkyl halides is 3. The molecule has 0 aromatic heterocycles. The van der Waals surface area contributed by atoms with Crippen molar-refractivity contribution in [1.82, 2.24) is 4.90 Å². The van der Waals surface area contributed by atoms with Gasteiger partial charge in [-0.05, 0) is 6.54 Å². The van der Waals surface area contributed by atoms with Crippen molar-refractivity contribution >= 4 is 17.1 Å². The highest BCUT2D eigenvalue weighted by molar-refractivity contribution is 5.76. The smallest absolute Gasteiger partial charge is 0.358 e. The van der Waals surface area contributed by atoms with Crippen LogP contribution in [0.1, 0.15) is 12.5 Å². The van der Waals surface area contributed by atoms with Crippen LogP contribution in [0.3, 0.4) is 0 Å². The van der Waals surface area contributed by atoms with Crippen LogP contribution in [-0.2, 0) is 6.18 Å². The third kappa shape index (κ3) is 3.55. The first-order valence-corrected chi connectivity index (χ1v) is 7.16. The molecule has 0 spiro atoms. The van der Waals surface area contributed by atoms with Crippen molar-refractivity contribution in [1.29, 1.82) is 0 Å². The molecule has 11 heteroatoms. The van der Waals surface area contributed by atoms with Crippen LogP contribution in [0, 0.1) is 20.2 Å².